The predicted molar refractivity (Wildman–Crippen MR) is 109 cm³/mol. The molecular formula is C23H29NO4. The number of nitrogens with one attached hydrogen (secondary N) is 1. The van der Waals surface area contributed by atoms with Crippen LogP contribution in [0, 0.1) is 5.92 Å². The summed E-state index contributed by atoms with van der Waals surface area (Å²) in [5.74, 6) is -0.248. The highest BCUT2D eigenvalue weighted by molar-refractivity contribution is 5.91. The first-order chi connectivity index (χ1) is 13.4. The number of ether oxygens (including phenoxy) is 2. The molecule has 0 aliphatic heterocycles. The number of esters is 1. The summed E-state index contributed by atoms with van der Waals surface area (Å²) in [5, 5.41) is 2.86. The highest BCUT2D eigenvalue weighted by Gasteiger charge is 2.13. The van der Waals surface area contributed by atoms with Crippen molar-refractivity contribution in [2.24, 2.45) is 5.92 Å². The zero-order valence-corrected chi connectivity index (χ0v) is 17.0. The lowest BCUT2D eigenvalue weighted by molar-refractivity contribution is -0.124. The van der Waals surface area contributed by atoms with E-state index in [1.807, 2.05) is 19.1 Å². The third-order valence-electron chi connectivity index (χ3n) is 4.34. The minimum atomic E-state index is -0.523. The molecule has 0 saturated carbocycles. The van der Waals surface area contributed by atoms with Crippen LogP contribution < -0.4 is 5.32 Å². The molecule has 1 amide bonds. The number of rotatable bonds is 9. The van der Waals surface area contributed by atoms with Gasteiger partial charge in [0.25, 0.3) is 5.91 Å². The summed E-state index contributed by atoms with van der Waals surface area (Å²) < 4.78 is 10.1. The molecule has 0 bridgehead atoms. The van der Waals surface area contributed by atoms with Gasteiger partial charge in [-0.15, -0.1) is 0 Å². The molecule has 0 aliphatic carbocycles. The molecule has 5 nitrogen and oxygen atoms in total. The van der Waals surface area contributed by atoms with Crippen molar-refractivity contribution < 1.29 is 19.1 Å². The number of benzene rings is 2. The number of amides is 1. The number of hydrogen-bond donors (Lipinski definition) is 1. The Labute approximate surface area is 167 Å². The summed E-state index contributed by atoms with van der Waals surface area (Å²) in [6, 6.07) is 15.0. The van der Waals surface area contributed by atoms with E-state index in [1.54, 1.807) is 31.4 Å². The summed E-state index contributed by atoms with van der Waals surface area (Å²) in [6.07, 6.45) is 1.03. The van der Waals surface area contributed by atoms with Crippen LogP contribution in [0.4, 0.5) is 0 Å². The van der Waals surface area contributed by atoms with Gasteiger partial charge in [-0.1, -0.05) is 50.2 Å². The monoisotopic (exact) mass is 383 g/mol. The van der Waals surface area contributed by atoms with E-state index >= 15 is 0 Å². The van der Waals surface area contributed by atoms with Gasteiger partial charge in [0.1, 0.15) is 0 Å². The molecule has 150 valence electrons. The predicted octanol–water partition coefficient (Wildman–Crippen LogP) is 4.07. The second kappa shape index (κ2) is 10.6. The van der Waals surface area contributed by atoms with E-state index in [1.165, 1.54) is 5.56 Å². The first kappa shape index (κ1) is 21.6. The molecule has 28 heavy (non-hydrogen) atoms. The van der Waals surface area contributed by atoms with Crippen molar-refractivity contribution in [3.63, 3.8) is 0 Å². The van der Waals surface area contributed by atoms with Gasteiger partial charge in [0.15, 0.2) is 6.61 Å². The molecule has 0 fully saturated rings. The zero-order chi connectivity index (χ0) is 20.5. The quantitative estimate of drug-likeness (QED) is 0.663. The van der Waals surface area contributed by atoms with Crippen LogP contribution >= 0.6 is 0 Å². The largest absolute Gasteiger partial charge is 0.452 e. The Bertz CT molecular complexity index is 766. The van der Waals surface area contributed by atoms with Gasteiger partial charge in [0.05, 0.1) is 18.2 Å². The van der Waals surface area contributed by atoms with Crippen LogP contribution in [0.1, 0.15) is 53.9 Å². The standard InChI is InChI=1S/C23H29NO4/c1-16(2)13-18-5-9-20(10-6-18)17(3)24-22(25)15-28-23(26)21-11-7-19(8-12-21)14-27-4/h5-12,16-17H,13-15H2,1-4H3,(H,24,25)/t17-/m1/s1. The molecular weight excluding hydrogens is 354 g/mol. The first-order valence-corrected chi connectivity index (χ1v) is 9.52. The van der Waals surface area contributed by atoms with E-state index in [0.717, 1.165) is 17.5 Å². The summed E-state index contributed by atoms with van der Waals surface area (Å²) in [7, 11) is 1.61. The molecule has 0 radical (unpaired) electrons. The molecule has 0 heterocycles. The van der Waals surface area contributed by atoms with Crippen molar-refractivity contribution in [2.75, 3.05) is 13.7 Å². The molecule has 0 unspecified atom stereocenters. The molecule has 1 N–H and O–H groups in total. The molecule has 5 heteroatoms. The van der Waals surface area contributed by atoms with Gasteiger partial charge in [-0.25, -0.2) is 4.79 Å². The van der Waals surface area contributed by atoms with Crippen LogP contribution in [0.3, 0.4) is 0 Å². The van der Waals surface area contributed by atoms with Crippen molar-refractivity contribution in [3.8, 4) is 0 Å². The van der Waals surface area contributed by atoms with Gasteiger partial charge >= 0.3 is 5.97 Å². The molecule has 1 atom stereocenters. The van der Waals surface area contributed by atoms with Crippen molar-refractivity contribution in [2.45, 2.75) is 39.8 Å². The second-order valence-electron chi connectivity index (χ2n) is 7.33. The highest BCUT2D eigenvalue weighted by atomic mass is 16.5. The Morgan fingerprint density at radius 1 is 0.929 bits per heavy atom. The maximum absolute atomic E-state index is 12.1. The second-order valence-corrected chi connectivity index (χ2v) is 7.33. The minimum Gasteiger partial charge on any atom is -0.452 e. The average molecular weight is 383 g/mol. The van der Waals surface area contributed by atoms with Gasteiger partial charge < -0.3 is 14.8 Å². The number of methoxy groups -OCH3 is 1. The van der Waals surface area contributed by atoms with Crippen LogP contribution in [-0.4, -0.2) is 25.6 Å². The summed E-state index contributed by atoms with van der Waals surface area (Å²) in [6.45, 7) is 6.45. The van der Waals surface area contributed by atoms with Crippen LogP contribution in [0.15, 0.2) is 48.5 Å². The smallest absolute Gasteiger partial charge is 0.338 e. The third kappa shape index (κ3) is 6.82. The Hall–Kier alpha value is -2.66. The average Bonchev–Trinajstić information content (AvgIpc) is 2.67. The molecule has 2 aromatic carbocycles. The number of carbonyl (C=O) groups is 2. The van der Waals surface area contributed by atoms with E-state index in [9.17, 15) is 9.59 Å². The normalized spacial score (nSPS) is 11.9. The lowest BCUT2D eigenvalue weighted by Crippen LogP contribution is -2.31. The fourth-order valence-electron chi connectivity index (χ4n) is 2.90. The summed E-state index contributed by atoms with van der Waals surface area (Å²) >= 11 is 0. The molecule has 2 rings (SSSR count). The third-order valence-corrected chi connectivity index (χ3v) is 4.34. The van der Waals surface area contributed by atoms with E-state index in [4.69, 9.17) is 9.47 Å². The van der Waals surface area contributed by atoms with Gasteiger partial charge in [-0.05, 0) is 48.1 Å². The molecule has 0 aliphatic rings. The Morgan fingerprint density at radius 3 is 2.11 bits per heavy atom. The van der Waals surface area contributed by atoms with Gasteiger partial charge in [-0.2, -0.15) is 0 Å². The fourth-order valence-corrected chi connectivity index (χ4v) is 2.90. The van der Waals surface area contributed by atoms with Gasteiger partial charge in [-0.3, -0.25) is 4.79 Å². The lowest BCUT2D eigenvalue weighted by Gasteiger charge is -2.15. The molecule has 0 spiro atoms. The van der Waals surface area contributed by atoms with Crippen LogP contribution in [0.25, 0.3) is 0 Å². The Balaban J connectivity index is 1.81. The topological polar surface area (TPSA) is 64.6 Å². The van der Waals surface area contributed by atoms with Gasteiger partial charge in [0, 0.05) is 7.11 Å². The van der Waals surface area contributed by atoms with Crippen LogP contribution in [0.2, 0.25) is 0 Å². The van der Waals surface area contributed by atoms with Crippen molar-refractivity contribution in [1.29, 1.82) is 0 Å². The lowest BCUT2D eigenvalue weighted by atomic mass is 10.00. The number of hydrogen-bond acceptors (Lipinski definition) is 4. The number of carbonyl (C=O) groups excluding carboxylic acids is 2. The Morgan fingerprint density at radius 2 is 1.54 bits per heavy atom. The van der Waals surface area contributed by atoms with E-state index in [-0.39, 0.29) is 18.6 Å². The minimum absolute atomic E-state index is 0.160. The maximum Gasteiger partial charge on any atom is 0.338 e. The zero-order valence-electron chi connectivity index (χ0n) is 17.0. The van der Waals surface area contributed by atoms with Gasteiger partial charge in [0.2, 0.25) is 0 Å². The highest BCUT2D eigenvalue weighted by Crippen LogP contribution is 2.15. The SMILES string of the molecule is COCc1ccc(C(=O)OCC(=O)N[C@H](C)c2ccc(CC(C)C)cc2)cc1. The summed E-state index contributed by atoms with van der Waals surface area (Å²) in [5.41, 5.74) is 3.66. The van der Waals surface area contributed by atoms with E-state index in [2.05, 4.69) is 31.3 Å². The van der Waals surface area contributed by atoms with Crippen LogP contribution in [-0.2, 0) is 27.3 Å². The van der Waals surface area contributed by atoms with Crippen molar-refractivity contribution >= 4 is 11.9 Å². The molecule has 0 aromatic heterocycles. The van der Waals surface area contributed by atoms with Crippen molar-refractivity contribution in [3.05, 3.63) is 70.8 Å². The van der Waals surface area contributed by atoms with E-state index < -0.39 is 5.97 Å². The Kier molecular flexibility index (Phi) is 8.20. The maximum atomic E-state index is 12.1. The van der Waals surface area contributed by atoms with Crippen molar-refractivity contribution in [1.82, 2.24) is 5.32 Å². The summed E-state index contributed by atoms with van der Waals surface area (Å²) in [4.78, 5) is 24.2. The molecule has 2 aromatic rings. The van der Waals surface area contributed by atoms with Crippen LogP contribution in [0.5, 0.6) is 0 Å². The van der Waals surface area contributed by atoms with E-state index in [0.29, 0.717) is 18.1 Å². The first-order valence-electron chi connectivity index (χ1n) is 9.52. The molecule has 0 saturated heterocycles. The fraction of sp³-hybridized carbons (Fsp3) is 0.391.